The number of nitrogens with zero attached hydrogens (tertiary/aromatic N) is 3. The lowest BCUT2D eigenvalue weighted by Crippen LogP contribution is -2.29. The molecule has 3 aliphatic rings. The summed E-state index contributed by atoms with van der Waals surface area (Å²) in [5, 5.41) is 10.3. The first-order chi connectivity index (χ1) is 28.0. The molecule has 0 saturated heterocycles. The normalized spacial score (nSPS) is 14.4. The number of thiophene rings is 2. The third-order valence-electron chi connectivity index (χ3n) is 9.07. The van der Waals surface area contributed by atoms with Crippen molar-refractivity contribution in [2.45, 2.75) is 57.3 Å². The standard InChI is InChI=1S/C18H15ClN2O6S2.C10H12O2.C9H5ClN2O4S2/c1-9-5-13-14(26-8-25-13)7-11(9)6-12(22)17-15(3-4-28-17)29(23,24)21-18-16(19)10(2)20-27-18;1-3-8-5-10-9(4-7(8)2)11-6-12-10;1-4-6(10)9(16-11-4)12-8(13)7-5(2-3-17-7)18(12,14)15/h3-5,7,21H,6,8H2,1-2H3;4-5H,3,6H2,1-2H3;2-3H,1H3. The maximum Gasteiger partial charge on any atom is 0.286 e. The van der Waals surface area contributed by atoms with Gasteiger partial charge in [0, 0.05) is 6.42 Å². The van der Waals surface area contributed by atoms with Crippen molar-refractivity contribution in [1.29, 1.82) is 0 Å². The van der Waals surface area contributed by atoms with E-state index in [1.807, 2.05) is 13.0 Å². The molecule has 2 aromatic carbocycles. The molecule has 9 rings (SSSR count). The number of halogens is 2. The number of nitrogens with one attached hydrogen (secondary N) is 1. The molecule has 3 aliphatic heterocycles. The van der Waals surface area contributed by atoms with Crippen molar-refractivity contribution in [3.05, 3.63) is 101 Å². The third kappa shape index (κ3) is 8.12. The van der Waals surface area contributed by atoms with E-state index in [1.54, 1.807) is 36.7 Å². The van der Waals surface area contributed by atoms with Gasteiger partial charge in [0.2, 0.25) is 13.6 Å². The zero-order valence-corrected chi connectivity index (χ0v) is 36.4. The van der Waals surface area contributed by atoms with Crippen LogP contribution in [0.2, 0.25) is 10.0 Å². The lowest BCUT2D eigenvalue weighted by Gasteiger charge is -2.10. The summed E-state index contributed by atoms with van der Waals surface area (Å²) in [7, 11) is -8.03. The van der Waals surface area contributed by atoms with Gasteiger partial charge >= 0.3 is 0 Å². The molecule has 0 spiro atoms. The Kier molecular flexibility index (Phi) is 11.8. The van der Waals surface area contributed by atoms with Crippen LogP contribution in [-0.4, -0.2) is 52.4 Å². The Labute approximate surface area is 355 Å². The molecule has 1 amide bonds. The van der Waals surface area contributed by atoms with E-state index >= 15 is 0 Å². The summed E-state index contributed by atoms with van der Waals surface area (Å²) in [4.78, 5) is 25.0. The van der Waals surface area contributed by atoms with Gasteiger partial charge < -0.3 is 28.0 Å². The minimum Gasteiger partial charge on any atom is -0.454 e. The Balaban J connectivity index is 0.000000149. The lowest BCUT2D eigenvalue weighted by molar-refractivity contribution is 0.0990. The number of anilines is 2. The molecule has 1 N–H and O–H groups in total. The molecule has 310 valence electrons. The number of rotatable bonds is 8. The van der Waals surface area contributed by atoms with Crippen LogP contribution in [0.5, 0.6) is 23.0 Å². The predicted octanol–water partition coefficient (Wildman–Crippen LogP) is 8.29. The molecular formula is C37H32Cl2N4O12S4. The van der Waals surface area contributed by atoms with Crippen molar-refractivity contribution >= 4 is 89.4 Å². The predicted molar refractivity (Wildman–Crippen MR) is 218 cm³/mol. The Morgan fingerprint density at radius 3 is 1.95 bits per heavy atom. The zero-order valence-electron chi connectivity index (χ0n) is 31.6. The van der Waals surface area contributed by atoms with E-state index in [9.17, 15) is 26.4 Å². The van der Waals surface area contributed by atoms with Crippen LogP contribution >= 0.6 is 45.9 Å². The highest BCUT2D eigenvalue weighted by Gasteiger charge is 2.46. The number of hydrogen-bond donors (Lipinski definition) is 1. The van der Waals surface area contributed by atoms with Crippen molar-refractivity contribution in [2.24, 2.45) is 0 Å². The number of ether oxygens (including phenoxy) is 4. The summed E-state index contributed by atoms with van der Waals surface area (Å²) >= 11 is 14.0. The molecule has 0 saturated carbocycles. The number of carbonyl (C=O) groups excluding carboxylic acids is 2. The first kappa shape index (κ1) is 42.0. The summed E-state index contributed by atoms with van der Waals surface area (Å²) in [6.07, 6.45) is 1.07. The van der Waals surface area contributed by atoms with Gasteiger partial charge in [-0.25, -0.2) is 21.6 Å². The van der Waals surface area contributed by atoms with Gasteiger partial charge in [-0.3, -0.25) is 9.59 Å². The molecule has 0 aliphatic carbocycles. The van der Waals surface area contributed by atoms with E-state index in [4.69, 9.17) is 51.2 Å². The highest BCUT2D eigenvalue weighted by molar-refractivity contribution is 7.94. The van der Waals surface area contributed by atoms with Crippen LogP contribution in [-0.2, 0) is 32.9 Å². The van der Waals surface area contributed by atoms with Crippen molar-refractivity contribution in [1.82, 2.24) is 10.3 Å². The van der Waals surface area contributed by atoms with Gasteiger partial charge in [0.15, 0.2) is 28.8 Å². The summed E-state index contributed by atoms with van der Waals surface area (Å²) in [5.74, 6) is 1.50. The fourth-order valence-corrected chi connectivity index (χ4v) is 11.4. The molecule has 7 heterocycles. The summed E-state index contributed by atoms with van der Waals surface area (Å²) in [6.45, 7) is 9.73. The number of sulfonamides is 2. The van der Waals surface area contributed by atoms with Crippen LogP contribution in [0.25, 0.3) is 0 Å². The van der Waals surface area contributed by atoms with Crippen molar-refractivity contribution < 1.29 is 54.4 Å². The maximum absolute atomic E-state index is 12.9. The molecular weight excluding hydrogens is 892 g/mol. The maximum atomic E-state index is 12.9. The lowest BCUT2D eigenvalue weighted by atomic mass is 10.0. The molecule has 0 radical (unpaired) electrons. The zero-order chi connectivity index (χ0) is 42.4. The van der Waals surface area contributed by atoms with Crippen LogP contribution in [0.1, 0.15) is 59.9 Å². The van der Waals surface area contributed by atoms with Gasteiger partial charge in [-0.1, -0.05) is 40.4 Å². The second-order valence-electron chi connectivity index (χ2n) is 12.9. The first-order valence-corrected chi connectivity index (χ1v) is 22.8. The van der Waals surface area contributed by atoms with Gasteiger partial charge in [-0.05, 0) is 104 Å². The quantitative estimate of drug-likeness (QED) is 0.143. The van der Waals surface area contributed by atoms with Crippen LogP contribution in [0.3, 0.4) is 0 Å². The number of hydrogen-bond acceptors (Lipinski definition) is 16. The first-order valence-electron chi connectivity index (χ1n) is 17.3. The molecule has 16 nitrogen and oxygen atoms in total. The van der Waals surface area contributed by atoms with Crippen LogP contribution in [0.15, 0.2) is 66.0 Å². The number of Topliss-reactive ketones (excluding diaryl/α,β-unsaturated/α-hetero) is 1. The summed E-state index contributed by atoms with van der Waals surface area (Å²) in [5.41, 5.74) is 4.87. The van der Waals surface area contributed by atoms with Gasteiger partial charge in [-0.15, -0.1) is 22.7 Å². The summed E-state index contributed by atoms with van der Waals surface area (Å²) in [6, 6.07) is 10.4. The van der Waals surface area contributed by atoms with E-state index in [-0.39, 0.29) is 60.4 Å². The van der Waals surface area contributed by atoms with Crippen LogP contribution in [0.4, 0.5) is 11.8 Å². The number of aromatic nitrogens is 2. The molecule has 22 heteroatoms. The van der Waals surface area contributed by atoms with Crippen molar-refractivity contribution in [3.63, 3.8) is 0 Å². The summed E-state index contributed by atoms with van der Waals surface area (Å²) < 4.78 is 83.7. The van der Waals surface area contributed by atoms with Gasteiger partial charge in [0.05, 0.1) is 4.88 Å². The number of fused-ring (bicyclic) bond motifs is 3. The SMILES string of the molecule is CCc1cc2c(cc1C)OCO2.Cc1cc2c(cc1CC(=O)c1sccc1S(=O)(=O)Nc1onc(C)c1Cl)OCO2.Cc1noc(N2C(=O)c3sccc3S2(=O)=O)c1Cl. The highest BCUT2D eigenvalue weighted by atomic mass is 35.5. The third-order valence-corrected chi connectivity index (χ3v) is 15.1. The average Bonchev–Trinajstić information content (AvgIpc) is 4.06. The van der Waals surface area contributed by atoms with Gasteiger partial charge in [0.1, 0.15) is 36.1 Å². The van der Waals surface area contributed by atoms with Crippen molar-refractivity contribution in [2.75, 3.05) is 22.6 Å². The molecule has 0 bridgehead atoms. The molecule has 6 aromatic rings. The Morgan fingerprint density at radius 2 is 1.39 bits per heavy atom. The van der Waals surface area contributed by atoms with Gasteiger partial charge in [0.25, 0.3) is 37.7 Å². The molecule has 0 atom stereocenters. The number of ketones is 1. The van der Waals surface area contributed by atoms with Gasteiger partial charge in [-0.2, -0.15) is 4.31 Å². The molecule has 59 heavy (non-hydrogen) atoms. The number of benzene rings is 2. The topological polar surface area (TPSA) is 207 Å². The average molecular weight is 924 g/mol. The Morgan fingerprint density at radius 1 is 0.831 bits per heavy atom. The van der Waals surface area contributed by atoms with E-state index in [1.165, 1.54) is 23.3 Å². The molecule has 0 fully saturated rings. The van der Waals surface area contributed by atoms with E-state index < -0.39 is 26.0 Å². The fraction of sp³-hybridized carbons (Fsp3) is 0.243. The number of aryl methyl sites for hydroxylation is 5. The second kappa shape index (κ2) is 16.5. The van der Waals surface area contributed by atoms with Crippen molar-refractivity contribution in [3.8, 4) is 23.0 Å². The largest absolute Gasteiger partial charge is 0.454 e. The smallest absolute Gasteiger partial charge is 0.286 e. The highest BCUT2D eigenvalue weighted by Crippen LogP contribution is 2.41. The Hall–Kier alpha value is -5.12. The van der Waals surface area contributed by atoms with E-state index in [2.05, 4.69) is 34.9 Å². The van der Waals surface area contributed by atoms with Crippen LogP contribution in [0, 0.1) is 27.7 Å². The number of carbonyl (C=O) groups is 2. The second-order valence-corrected chi connectivity index (χ2v) is 18.9. The van der Waals surface area contributed by atoms with Crippen LogP contribution < -0.4 is 28.0 Å². The fourth-order valence-electron chi connectivity index (χ4n) is 5.94. The molecule has 0 unspecified atom stereocenters. The van der Waals surface area contributed by atoms with E-state index in [0.29, 0.717) is 34.0 Å². The monoisotopic (exact) mass is 922 g/mol. The molecule has 4 aromatic heterocycles. The van der Waals surface area contributed by atoms with E-state index in [0.717, 1.165) is 51.7 Å². The minimum atomic E-state index is -4.09. The Bertz CT molecular complexity index is 2850. The number of amides is 1. The minimum absolute atomic E-state index is 0.0158.